The van der Waals surface area contributed by atoms with Crippen molar-refractivity contribution in [2.75, 3.05) is 40.3 Å². The molecule has 1 amide bonds. The Bertz CT molecular complexity index is 926. The molecular weight excluding hydrogens is 403 g/mol. The maximum absolute atomic E-state index is 13.9. The minimum absolute atomic E-state index is 0.0225. The van der Waals surface area contributed by atoms with Gasteiger partial charge in [-0.1, -0.05) is 36.4 Å². The van der Waals surface area contributed by atoms with Gasteiger partial charge in [-0.25, -0.2) is 0 Å². The average Bonchev–Trinajstić information content (AvgIpc) is 3.14. The van der Waals surface area contributed by atoms with Crippen LogP contribution in [0.25, 0.3) is 0 Å². The van der Waals surface area contributed by atoms with Crippen molar-refractivity contribution < 1.29 is 18.0 Å². The second kappa shape index (κ2) is 8.28. The fourth-order valence-electron chi connectivity index (χ4n) is 4.89. The number of nitrogens with zero attached hydrogens (tertiary/aromatic N) is 3. The molecule has 4 nitrogen and oxygen atoms in total. The lowest BCUT2D eigenvalue weighted by atomic mass is 9.90. The highest BCUT2D eigenvalue weighted by Gasteiger charge is 2.50. The standard InChI is InChI=1S/C24H28F3N3O/c1-28-10-12-30(13-11-28)23(15-19-7-3-4-8-20(19)16-23)22(31)29(2)17-18-6-5-9-21(14-18)24(25,26)27/h3-9,14H,10-13,15-17H2,1-2H3. The van der Waals surface area contributed by atoms with Gasteiger partial charge in [-0.15, -0.1) is 0 Å². The van der Waals surface area contributed by atoms with E-state index in [0.29, 0.717) is 18.4 Å². The number of piperazine rings is 1. The fourth-order valence-corrected chi connectivity index (χ4v) is 4.89. The zero-order valence-electron chi connectivity index (χ0n) is 18.0. The monoisotopic (exact) mass is 431 g/mol. The van der Waals surface area contributed by atoms with Crippen LogP contribution in [0, 0.1) is 0 Å². The second-order valence-corrected chi connectivity index (χ2v) is 8.80. The third-order valence-electron chi connectivity index (χ3n) is 6.61. The quantitative estimate of drug-likeness (QED) is 0.742. The largest absolute Gasteiger partial charge is 0.416 e. The van der Waals surface area contributed by atoms with Gasteiger partial charge < -0.3 is 9.80 Å². The summed E-state index contributed by atoms with van der Waals surface area (Å²) in [4.78, 5) is 20.0. The molecule has 1 fully saturated rings. The normalized spacial score (nSPS) is 19.3. The Morgan fingerprint density at radius 1 is 1.00 bits per heavy atom. The number of rotatable bonds is 4. The van der Waals surface area contributed by atoms with E-state index in [4.69, 9.17) is 0 Å². The molecule has 0 saturated carbocycles. The first-order valence-corrected chi connectivity index (χ1v) is 10.6. The minimum atomic E-state index is -4.40. The molecule has 4 rings (SSSR count). The first kappa shape index (κ1) is 21.8. The maximum atomic E-state index is 13.9. The van der Waals surface area contributed by atoms with E-state index < -0.39 is 17.3 Å². The van der Waals surface area contributed by atoms with Gasteiger partial charge in [-0.3, -0.25) is 9.69 Å². The smallest absolute Gasteiger partial charge is 0.340 e. The Balaban J connectivity index is 1.59. The van der Waals surface area contributed by atoms with E-state index in [1.165, 1.54) is 17.2 Å². The number of alkyl halides is 3. The van der Waals surface area contributed by atoms with Crippen molar-refractivity contribution in [3.8, 4) is 0 Å². The van der Waals surface area contributed by atoms with E-state index in [1.54, 1.807) is 18.0 Å². The number of carbonyl (C=O) groups is 1. The van der Waals surface area contributed by atoms with Crippen molar-refractivity contribution in [2.24, 2.45) is 0 Å². The second-order valence-electron chi connectivity index (χ2n) is 8.80. The third-order valence-corrected chi connectivity index (χ3v) is 6.61. The molecule has 7 heteroatoms. The summed E-state index contributed by atoms with van der Waals surface area (Å²) in [7, 11) is 3.78. The van der Waals surface area contributed by atoms with Crippen LogP contribution in [-0.2, 0) is 30.4 Å². The topological polar surface area (TPSA) is 26.8 Å². The molecule has 2 aromatic carbocycles. The summed E-state index contributed by atoms with van der Waals surface area (Å²) >= 11 is 0. The lowest BCUT2D eigenvalue weighted by molar-refractivity contribution is -0.145. The molecule has 0 aromatic heterocycles. The summed E-state index contributed by atoms with van der Waals surface area (Å²) in [6, 6.07) is 13.4. The number of fused-ring (bicyclic) bond motifs is 1. The molecule has 1 heterocycles. The molecular formula is C24H28F3N3O. The van der Waals surface area contributed by atoms with Gasteiger partial charge in [0, 0.05) is 52.6 Å². The van der Waals surface area contributed by atoms with Gasteiger partial charge in [0.1, 0.15) is 5.54 Å². The Morgan fingerprint density at radius 3 is 2.19 bits per heavy atom. The maximum Gasteiger partial charge on any atom is 0.416 e. The summed E-state index contributed by atoms with van der Waals surface area (Å²) < 4.78 is 39.3. The van der Waals surface area contributed by atoms with E-state index in [1.807, 2.05) is 12.1 Å². The Kier molecular flexibility index (Phi) is 5.83. The Labute approximate surface area is 181 Å². The van der Waals surface area contributed by atoms with Crippen molar-refractivity contribution in [1.82, 2.24) is 14.7 Å². The van der Waals surface area contributed by atoms with E-state index in [9.17, 15) is 18.0 Å². The minimum Gasteiger partial charge on any atom is -0.340 e. The van der Waals surface area contributed by atoms with Crippen LogP contribution in [0.15, 0.2) is 48.5 Å². The molecule has 0 N–H and O–H groups in total. The lowest BCUT2D eigenvalue weighted by Gasteiger charge is -2.45. The summed E-state index contributed by atoms with van der Waals surface area (Å²) in [6.45, 7) is 3.53. The van der Waals surface area contributed by atoms with E-state index in [-0.39, 0.29) is 12.5 Å². The summed E-state index contributed by atoms with van der Waals surface area (Å²) in [5.41, 5.74) is 1.48. The predicted molar refractivity (Wildman–Crippen MR) is 114 cm³/mol. The van der Waals surface area contributed by atoms with Crippen LogP contribution in [0.4, 0.5) is 13.2 Å². The molecule has 0 spiro atoms. The molecule has 1 aliphatic heterocycles. The van der Waals surface area contributed by atoms with Crippen LogP contribution in [0.2, 0.25) is 0 Å². The van der Waals surface area contributed by atoms with Gasteiger partial charge in [0.05, 0.1) is 5.56 Å². The van der Waals surface area contributed by atoms with E-state index in [2.05, 4.69) is 29.0 Å². The predicted octanol–water partition coefficient (Wildman–Crippen LogP) is 3.45. The summed E-state index contributed by atoms with van der Waals surface area (Å²) in [5, 5.41) is 0. The molecule has 0 bridgehead atoms. The highest BCUT2D eigenvalue weighted by molar-refractivity contribution is 5.88. The Hall–Kier alpha value is -2.38. The van der Waals surface area contributed by atoms with Crippen molar-refractivity contribution in [3.05, 3.63) is 70.8 Å². The van der Waals surface area contributed by atoms with Crippen LogP contribution in [-0.4, -0.2) is 66.4 Å². The van der Waals surface area contributed by atoms with Crippen LogP contribution < -0.4 is 0 Å². The molecule has 1 aliphatic carbocycles. The average molecular weight is 432 g/mol. The van der Waals surface area contributed by atoms with Gasteiger partial charge in [-0.05, 0) is 35.9 Å². The van der Waals surface area contributed by atoms with Gasteiger partial charge in [0.15, 0.2) is 0 Å². The van der Waals surface area contributed by atoms with Crippen LogP contribution in [0.3, 0.4) is 0 Å². The zero-order chi connectivity index (χ0) is 22.2. The lowest BCUT2D eigenvalue weighted by Crippen LogP contribution is -2.63. The van der Waals surface area contributed by atoms with Gasteiger partial charge in [0.25, 0.3) is 0 Å². The third kappa shape index (κ3) is 4.34. The molecule has 0 unspecified atom stereocenters. The Morgan fingerprint density at radius 2 is 1.61 bits per heavy atom. The number of hydrogen-bond acceptors (Lipinski definition) is 3. The SMILES string of the molecule is CN1CCN(C2(C(=O)N(C)Cc3cccc(C(F)(F)F)c3)Cc3ccccc3C2)CC1. The molecule has 2 aromatic rings. The first-order valence-electron chi connectivity index (χ1n) is 10.6. The number of amides is 1. The van der Waals surface area contributed by atoms with Gasteiger partial charge in [-0.2, -0.15) is 13.2 Å². The highest BCUT2D eigenvalue weighted by atomic mass is 19.4. The molecule has 0 atom stereocenters. The van der Waals surface area contributed by atoms with Gasteiger partial charge >= 0.3 is 6.18 Å². The molecule has 166 valence electrons. The molecule has 31 heavy (non-hydrogen) atoms. The first-order chi connectivity index (χ1) is 14.7. The molecule has 2 aliphatic rings. The van der Waals surface area contributed by atoms with Crippen molar-refractivity contribution in [2.45, 2.75) is 31.1 Å². The van der Waals surface area contributed by atoms with Gasteiger partial charge in [0.2, 0.25) is 5.91 Å². The number of halogens is 3. The number of hydrogen-bond donors (Lipinski definition) is 0. The number of likely N-dealkylation sites (N-methyl/N-ethyl adjacent to an activating group) is 2. The number of benzene rings is 2. The van der Waals surface area contributed by atoms with Crippen LogP contribution >= 0.6 is 0 Å². The molecule has 0 radical (unpaired) electrons. The zero-order valence-corrected chi connectivity index (χ0v) is 18.0. The highest BCUT2D eigenvalue weighted by Crippen LogP contribution is 2.37. The summed E-state index contributed by atoms with van der Waals surface area (Å²) in [6.07, 6.45) is -3.12. The van der Waals surface area contributed by atoms with Crippen LogP contribution in [0.1, 0.15) is 22.3 Å². The van der Waals surface area contributed by atoms with Crippen LogP contribution in [0.5, 0.6) is 0 Å². The molecule has 1 saturated heterocycles. The van der Waals surface area contributed by atoms with E-state index >= 15 is 0 Å². The van der Waals surface area contributed by atoms with Crippen molar-refractivity contribution in [1.29, 1.82) is 0 Å². The number of carbonyl (C=O) groups excluding carboxylic acids is 1. The van der Waals surface area contributed by atoms with Crippen molar-refractivity contribution in [3.63, 3.8) is 0 Å². The van der Waals surface area contributed by atoms with E-state index in [0.717, 1.165) is 38.3 Å². The fraction of sp³-hybridized carbons (Fsp3) is 0.458. The summed E-state index contributed by atoms with van der Waals surface area (Å²) in [5.74, 6) is -0.0225. The van der Waals surface area contributed by atoms with Crippen molar-refractivity contribution >= 4 is 5.91 Å².